The van der Waals surface area contributed by atoms with Crippen LogP contribution >= 0.6 is 0 Å². The third-order valence-electron chi connectivity index (χ3n) is 3.46. The fourth-order valence-corrected chi connectivity index (χ4v) is 2.15. The molecule has 26 heavy (non-hydrogen) atoms. The highest BCUT2D eigenvalue weighted by Gasteiger charge is 2.26. The first kappa shape index (κ1) is 21.5. The topological polar surface area (TPSA) is 93.7 Å². The Morgan fingerprint density at radius 2 is 1.65 bits per heavy atom. The second kappa shape index (κ2) is 9.22. The van der Waals surface area contributed by atoms with E-state index in [1.54, 1.807) is 45.0 Å². The van der Waals surface area contributed by atoms with Crippen LogP contribution in [0.25, 0.3) is 0 Å². The van der Waals surface area contributed by atoms with Gasteiger partial charge < -0.3 is 20.1 Å². The van der Waals surface area contributed by atoms with Crippen LogP contribution in [0.5, 0.6) is 0 Å². The first-order valence-corrected chi connectivity index (χ1v) is 8.48. The van der Waals surface area contributed by atoms with Gasteiger partial charge in [-0.25, -0.2) is 9.59 Å². The maximum atomic E-state index is 12.4. The van der Waals surface area contributed by atoms with Crippen molar-refractivity contribution >= 4 is 18.0 Å². The van der Waals surface area contributed by atoms with Crippen molar-refractivity contribution in [3.8, 4) is 0 Å². The molecule has 0 bridgehead atoms. The zero-order chi connectivity index (χ0) is 19.9. The number of ether oxygens (including phenoxy) is 2. The summed E-state index contributed by atoms with van der Waals surface area (Å²) in [5, 5.41) is 5.39. The number of rotatable bonds is 6. The highest BCUT2D eigenvalue weighted by atomic mass is 16.6. The normalized spacial score (nSPS) is 12.3. The minimum absolute atomic E-state index is 0.107. The van der Waals surface area contributed by atoms with Crippen LogP contribution in [-0.4, -0.2) is 36.7 Å². The molecule has 0 saturated heterocycles. The molecule has 7 nitrogen and oxygen atoms in total. The molecule has 0 fully saturated rings. The van der Waals surface area contributed by atoms with Crippen LogP contribution in [0.3, 0.4) is 0 Å². The summed E-state index contributed by atoms with van der Waals surface area (Å²) in [4.78, 5) is 35.8. The van der Waals surface area contributed by atoms with E-state index in [0.717, 1.165) is 5.56 Å². The monoisotopic (exact) mass is 364 g/mol. The van der Waals surface area contributed by atoms with Gasteiger partial charge in [0.25, 0.3) is 0 Å². The second-order valence-electron chi connectivity index (χ2n) is 7.27. The fourth-order valence-electron chi connectivity index (χ4n) is 2.15. The molecule has 0 spiro atoms. The van der Waals surface area contributed by atoms with Gasteiger partial charge in [0, 0.05) is 6.54 Å². The number of carbonyl (C=O) groups is 3. The minimum Gasteiger partial charge on any atom is -0.465 e. The molecule has 0 aliphatic carbocycles. The number of hydrogen-bond acceptors (Lipinski definition) is 5. The van der Waals surface area contributed by atoms with Gasteiger partial charge in [-0.15, -0.1) is 0 Å². The Morgan fingerprint density at radius 3 is 2.12 bits per heavy atom. The zero-order valence-electron chi connectivity index (χ0n) is 16.2. The number of nitrogens with one attached hydrogen (secondary N) is 2. The van der Waals surface area contributed by atoms with E-state index in [4.69, 9.17) is 4.74 Å². The summed E-state index contributed by atoms with van der Waals surface area (Å²) >= 11 is 0. The van der Waals surface area contributed by atoms with Gasteiger partial charge in [-0.1, -0.05) is 26.0 Å². The van der Waals surface area contributed by atoms with Crippen molar-refractivity contribution in [2.24, 2.45) is 5.92 Å². The molecular weight excluding hydrogens is 336 g/mol. The van der Waals surface area contributed by atoms with Crippen molar-refractivity contribution in [3.05, 3.63) is 35.4 Å². The summed E-state index contributed by atoms with van der Waals surface area (Å²) in [7, 11) is 1.32. The lowest BCUT2D eigenvalue weighted by atomic mass is 10.0. The minimum atomic E-state index is -0.709. The molecule has 2 N–H and O–H groups in total. The van der Waals surface area contributed by atoms with Crippen LogP contribution in [0.4, 0.5) is 4.79 Å². The van der Waals surface area contributed by atoms with E-state index in [1.165, 1.54) is 7.11 Å². The largest absolute Gasteiger partial charge is 0.465 e. The summed E-state index contributed by atoms with van der Waals surface area (Å²) < 4.78 is 9.85. The standard InChI is InChI=1S/C19H28N2O5/c1-12(2)15(21-18(24)26-19(3,4)5)16(22)20-11-13-7-9-14(10-8-13)17(23)25-6/h7-10,12,15H,11H2,1-6H3,(H,20,22)(H,21,24). The van der Waals surface area contributed by atoms with Crippen molar-refractivity contribution < 1.29 is 23.9 Å². The smallest absolute Gasteiger partial charge is 0.408 e. The molecule has 1 aromatic rings. The molecule has 1 rings (SSSR count). The number of amides is 2. The summed E-state index contributed by atoms with van der Waals surface area (Å²) in [6, 6.07) is 6.02. The Labute approximate surface area is 154 Å². The van der Waals surface area contributed by atoms with Crippen molar-refractivity contribution in [2.75, 3.05) is 7.11 Å². The van der Waals surface area contributed by atoms with Gasteiger partial charge in [0.15, 0.2) is 0 Å². The quantitative estimate of drug-likeness (QED) is 0.757. The van der Waals surface area contributed by atoms with E-state index in [-0.39, 0.29) is 18.4 Å². The number of carbonyl (C=O) groups excluding carboxylic acids is 3. The van der Waals surface area contributed by atoms with Gasteiger partial charge >= 0.3 is 12.1 Å². The Hall–Kier alpha value is -2.57. The van der Waals surface area contributed by atoms with Gasteiger partial charge in [-0.3, -0.25) is 4.79 Å². The average molecular weight is 364 g/mol. The lowest BCUT2D eigenvalue weighted by Gasteiger charge is -2.25. The van der Waals surface area contributed by atoms with Crippen LogP contribution in [0.1, 0.15) is 50.5 Å². The van der Waals surface area contributed by atoms with Gasteiger partial charge in [0.1, 0.15) is 11.6 Å². The Balaban J connectivity index is 2.65. The van der Waals surface area contributed by atoms with E-state index >= 15 is 0 Å². The van der Waals surface area contributed by atoms with E-state index in [9.17, 15) is 14.4 Å². The fraction of sp³-hybridized carbons (Fsp3) is 0.526. The Kier molecular flexibility index (Phi) is 7.61. The number of hydrogen-bond donors (Lipinski definition) is 2. The van der Waals surface area contributed by atoms with E-state index < -0.39 is 23.7 Å². The van der Waals surface area contributed by atoms with Crippen molar-refractivity contribution in [2.45, 2.75) is 52.8 Å². The number of methoxy groups -OCH3 is 1. The first-order chi connectivity index (χ1) is 12.0. The predicted octanol–water partition coefficient (Wildman–Crippen LogP) is 2.64. The molecule has 0 aliphatic rings. The summed E-state index contributed by atoms with van der Waals surface area (Å²) in [6.07, 6.45) is -0.631. The molecule has 0 aliphatic heterocycles. The van der Waals surface area contributed by atoms with Crippen molar-refractivity contribution in [1.29, 1.82) is 0 Å². The van der Waals surface area contributed by atoms with Crippen LogP contribution in [0.15, 0.2) is 24.3 Å². The third-order valence-corrected chi connectivity index (χ3v) is 3.46. The third kappa shape index (κ3) is 7.13. The number of alkyl carbamates (subject to hydrolysis) is 1. The summed E-state index contributed by atoms with van der Waals surface area (Å²) in [5.41, 5.74) is 0.628. The number of esters is 1. The van der Waals surface area contributed by atoms with Crippen LogP contribution in [-0.2, 0) is 20.8 Å². The van der Waals surface area contributed by atoms with E-state index in [0.29, 0.717) is 5.56 Å². The molecular formula is C19H28N2O5. The zero-order valence-corrected chi connectivity index (χ0v) is 16.2. The molecule has 0 radical (unpaired) electrons. The molecule has 7 heteroatoms. The van der Waals surface area contributed by atoms with Crippen LogP contribution in [0.2, 0.25) is 0 Å². The second-order valence-corrected chi connectivity index (χ2v) is 7.27. The van der Waals surface area contributed by atoms with E-state index in [1.807, 2.05) is 13.8 Å². The molecule has 0 aromatic heterocycles. The Bertz CT molecular complexity index is 632. The lowest BCUT2D eigenvalue weighted by Crippen LogP contribution is -2.50. The maximum Gasteiger partial charge on any atom is 0.408 e. The summed E-state index contributed by atoms with van der Waals surface area (Å²) in [5.74, 6) is -0.825. The molecule has 0 saturated carbocycles. The molecule has 1 unspecified atom stereocenters. The van der Waals surface area contributed by atoms with Crippen molar-refractivity contribution in [1.82, 2.24) is 10.6 Å². The predicted molar refractivity (Wildman–Crippen MR) is 97.6 cm³/mol. The van der Waals surface area contributed by atoms with Crippen LogP contribution < -0.4 is 10.6 Å². The lowest BCUT2D eigenvalue weighted by molar-refractivity contribution is -0.124. The average Bonchev–Trinajstić information content (AvgIpc) is 2.55. The molecule has 144 valence electrons. The Morgan fingerprint density at radius 1 is 1.08 bits per heavy atom. The highest BCUT2D eigenvalue weighted by molar-refractivity contribution is 5.89. The van der Waals surface area contributed by atoms with Crippen LogP contribution in [0, 0.1) is 5.92 Å². The van der Waals surface area contributed by atoms with Crippen molar-refractivity contribution in [3.63, 3.8) is 0 Å². The van der Waals surface area contributed by atoms with Gasteiger partial charge in [-0.05, 0) is 44.4 Å². The maximum absolute atomic E-state index is 12.4. The molecule has 2 amide bonds. The molecule has 1 atom stereocenters. The molecule has 1 aromatic carbocycles. The van der Waals surface area contributed by atoms with Gasteiger partial charge in [-0.2, -0.15) is 0 Å². The first-order valence-electron chi connectivity index (χ1n) is 8.48. The number of benzene rings is 1. The SMILES string of the molecule is COC(=O)c1ccc(CNC(=O)C(NC(=O)OC(C)(C)C)C(C)C)cc1. The van der Waals surface area contributed by atoms with Gasteiger partial charge in [0.05, 0.1) is 12.7 Å². The summed E-state index contributed by atoms with van der Waals surface area (Å²) in [6.45, 7) is 9.23. The van der Waals surface area contributed by atoms with E-state index in [2.05, 4.69) is 15.4 Å². The highest BCUT2D eigenvalue weighted by Crippen LogP contribution is 2.10. The van der Waals surface area contributed by atoms with Gasteiger partial charge in [0.2, 0.25) is 5.91 Å². The molecule has 0 heterocycles.